The standard InChI is InChI=1S/C19H29N3OS/c23-19(22-11-8-20-9-12-22)18-7-4-10-21(15-18)13-14-24-16-17-5-2-1-3-6-17/h1-3,5-6,18,20H,4,7-16H2. The van der Waals surface area contributed by atoms with E-state index in [1.165, 1.54) is 5.56 Å². The summed E-state index contributed by atoms with van der Waals surface area (Å²) in [6.45, 7) is 6.84. The molecule has 0 bridgehead atoms. The van der Waals surface area contributed by atoms with E-state index in [9.17, 15) is 4.79 Å². The topological polar surface area (TPSA) is 35.6 Å². The zero-order chi connectivity index (χ0) is 16.6. The van der Waals surface area contributed by atoms with Crippen LogP contribution in [0.2, 0.25) is 0 Å². The molecule has 24 heavy (non-hydrogen) atoms. The fourth-order valence-corrected chi connectivity index (χ4v) is 4.52. The van der Waals surface area contributed by atoms with Crippen molar-refractivity contribution < 1.29 is 4.79 Å². The Balaban J connectivity index is 1.38. The molecule has 132 valence electrons. The van der Waals surface area contributed by atoms with Crippen LogP contribution in [0.5, 0.6) is 0 Å². The van der Waals surface area contributed by atoms with Gasteiger partial charge >= 0.3 is 0 Å². The minimum absolute atomic E-state index is 0.218. The summed E-state index contributed by atoms with van der Waals surface area (Å²) in [6, 6.07) is 10.7. The summed E-state index contributed by atoms with van der Waals surface area (Å²) in [7, 11) is 0. The first-order valence-electron chi connectivity index (χ1n) is 9.16. The van der Waals surface area contributed by atoms with Crippen LogP contribution in [0.4, 0.5) is 0 Å². The molecule has 1 N–H and O–H groups in total. The highest BCUT2D eigenvalue weighted by Gasteiger charge is 2.29. The van der Waals surface area contributed by atoms with E-state index in [0.717, 1.165) is 70.2 Å². The molecule has 2 aliphatic rings. The fraction of sp³-hybridized carbons (Fsp3) is 0.632. The lowest BCUT2D eigenvalue weighted by Gasteiger charge is -2.36. The highest BCUT2D eigenvalue weighted by Crippen LogP contribution is 2.20. The van der Waals surface area contributed by atoms with Gasteiger partial charge in [-0.1, -0.05) is 30.3 Å². The third-order valence-corrected chi connectivity index (χ3v) is 5.96. The number of likely N-dealkylation sites (tertiary alicyclic amines) is 1. The number of carbonyl (C=O) groups is 1. The van der Waals surface area contributed by atoms with Gasteiger partial charge in [-0.25, -0.2) is 0 Å². The molecule has 2 aliphatic heterocycles. The molecule has 2 fully saturated rings. The summed E-state index contributed by atoms with van der Waals surface area (Å²) in [4.78, 5) is 17.2. The van der Waals surface area contributed by atoms with Gasteiger partial charge in [0.25, 0.3) is 0 Å². The normalized spacial score (nSPS) is 22.5. The highest BCUT2D eigenvalue weighted by atomic mass is 32.2. The van der Waals surface area contributed by atoms with Crippen molar-refractivity contribution in [3.63, 3.8) is 0 Å². The lowest BCUT2D eigenvalue weighted by Crippen LogP contribution is -2.51. The maximum Gasteiger partial charge on any atom is 0.227 e. The van der Waals surface area contributed by atoms with Crippen molar-refractivity contribution in [3.05, 3.63) is 35.9 Å². The Morgan fingerprint density at radius 1 is 1.17 bits per heavy atom. The number of piperidine rings is 1. The maximum atomic E-state index is 12.7. The third-order valence-electron chi connectivity index (χ3n) is 4.95. The van der Waals surface area contributed by atoms with Crippen molar-refractivity contribution in [2.45, 2.75) is 18.6 Å². The molecule has 1 unspecified atom stereocenters. The molecular formula is C19H29N3OS. The van der Waals surface area contributed by atoms with E-state index in [0.29, 0.717) is 5.91 Å². The molecule has 1 aromatic carbocycles. The molecule has 1 atom stereocenters. The molecule has 4 nitrogen and oxygen atoms in total. The summed E-state index contributed by atoms with van der Waals surface area (Å²) in [6.07, 6.45) is 2.22. The third kappa shape index (κ3) is 5.23. The summed E-state index contributed by atoms with van der Waals surface area (Å²) in [5.74, 6) is 2.83. The van der Waals surface area contributed by atoms with Gasteiger partial charge in [-0.2, -0.15) is 11.8 Å². The summed E-state index contributed by atoms with van der Waals surface area (Å²) in [5.41, 5.74) is 1.40. The van der Waals surface area contributed by atoms with Crippen LogP contribution < -0.4 is 5.32 Å². The van der Waals surface area contributed by atoms with Gasteiger partial charge in [-0.3, -0.25) is 4.79 Å². The van der Waals surface area contributed by atoms with E-state index >= 15 is 0 Å². The molecule has 2 saturated heterocycles. The van der Waals surface area contributed by atoms with Crippen LogP contribution in [0.15, 0.2) is 30.3 Å². The molecule has 0 aromatic heterocycles. The Hall–Kier alpha value is -1.04. The SMILES string of the molecule is O=C(C1CCCN(CCSCc2ccccc2)C1)N1CCNCC1. The Morgan fingerprint density at radius 2 is 1.96 bits per heavy atom. The number of carbonyl (C=O) groups excluding carboxylic acids is 1. The lowest BCUT2D eigenvalue weighted by molar-refractivity contribution is -0.137. The summed E-state index contributed by atoms with van der Waals surface area (Å²) < 4.78 is 0. The van der Waals surface area contributed by atoms with Crippen molar-refractivity contribution in [2.24, 2.45) is 5.92 Å². The molecule has 0 spiro atoms. The van der Waals surface area contributed by atoms with Crippen LogP contribution in [-0.4, -0.2) is 67.3 Å². The zero-order valence-corrected chi connectivity index (χ0v) is 15.3. The van der Waals surface area contributed by atoms with E-state index in [1.807, 2.05) is 11.8 Å². The largest absolute Gasteiger partial charge is 0.340 e. The number of piperazine rings is 1. The van der Waals surface area contributed by atoms with Gasteiger partial charge in [-0.15, -0.1) is 0 Å². The van der Waals surface area contributed by atoms with Crippen LogP contribution in [0.1, 0.15) is 18.4 Å². The zero-order valence-electron chi connectivity index (χ0n) is 14.5. The Morgan fingerprint density at radius 3 is 2.75 bits per heavy atom. The van der Waals surface area contributed by atoms with E-state index in [2.05, 4.69) is 45.4 Å². The quantitative estimate of drug-likeness (QED) is 0.799. The highest BCUT2D eigenvalue weighted by molar-refractivity contribution is 7.98. The van der Waals surface area contributed by atoms with Crippen molar-refractivity contribution in [2.75, 3.05) is 51.6 Å². The van der Waals surface area contributed by atoms with Gasteiger partial charge in [0.1, 0.15) is 0 Å². The van der Waals surface area contributed by atoms with Gasteiger partial charge in [0.05, 0.1) is 5.92 Å². The predicted molar refractivity (Wildman–Crippen MR) is 101 cm³/mol. The molecule has 1 aromatic rings. The average Bonchev–Trinajstić information content (AvgIpc) is 2.66. The van der Waals surface area contributed by atoms with Gasteiger partial charge in [0.2, 0.25) is 5.91 Å². The molecule has 3 rings (SSSR count). The number of hydrogen-bond acceptors (Lipinski definition) is 4. The molecule has 2 heterocycles. The minimum Gasteiger partial charge on any atom is -0.340 e. The second kappa shape index (κ2) is 9.44. The van der Waals surface area contributed by atoms with Crippen LogP contribution in [-0.2, 0) is 10.5 Å². The van der Waals surface area contributed by atoms with Gasteiger partial charge < -0.3 is 15.1 Å². The number of thioether (sulfide) groups is 1. The van der Waals surface area contributed by atoms with E-state index < -0.39 is 0 Å². The van der Waals surface area contributed by atoms with Crippen molar-refractivity contribution >= 4 is 17.7 Å². The molecule has 1 amide bonds. The second-order valence-electron chi connectivity index (χ2n) is 6.75. The van der Waals surface area contributed by atoms with Crippen LogP contribution >= 0.6 is 11.8 Å². The van der Waals surface area contributed by atoms with Gasteiger partial charge in [0, 0.05) is 50.8 Å². The average molecular weight is 348 g/mol. The molecular weight excluding hydrogens is 318 g/mol. The summed E-state index contributed by atoms with van der Waals surface area (Å²) >= 11 is 1.99. The number of amides is 1. The smallest absolute Gasteiger partial charge is 0.227 e. The van der Waals surface area contributed by atoms with Gasteiger partial charge in [-0.05, 0) is 24.9 Å². The van der Waals surface area contributed by atoms with Gasteiger partial charge in [0.15, 0.2) is 0 Å². The van der Waals surface area contributed by atoms with Crippen LogP contribution in [0, 0.1) is 5.92 Å². The minimum atomic E-state index is 0.218. The second-order valence-corrected chi connectivity index (χ2v) is 7.86. The maximum absolute atomic E-state index is 12.7. The Bertz CT molecular complexity index is 505. The van der Waals surface area contributed by atoms with E-state index in [1.54, 1.807) is 0 Å². The van der Waals surface area contributed by atoms with Crippen molar-refractivity contribution in [3.8, 4) is 0 Å². The lowest BCUT2D eigenvalue weighted by atomic mass is 9.96. The predicted octanol–water partition coefficient (Wildman–Crippen LogP) is 2.06. The molecule has 0 radical (unpaired) electrons. The number of nitrogens with one attached hydrogen (secondary N) is 1. The van der Waals surface area contributed by atoms with Crippen molar-refractivity contribution in [1.29, 1.82) is 0 Å². The number of rotatable bonds is 6. The first-order valence-corrected chi connectivity index (χ1v) is 10.3. The van der Waals surface area contributed by atoms with Crippen LogP contribution in [0.25, 0.3) is 0 Å². The molecule has 0 saturated carbocycles. The van der Waals surface area contributed by atoms with E-state index in [-0.39, 0.29) is 5.92 Å². The van der Waals surface area contributed by atoms with Crippen LogP contribution in [0.3, 0.4) is 0 Å². The number of benzene rings is 1. The first kappa shape index (κ1) is 17.8. The Labute approximate surface area is 150 Å². The Kier molecular flexibility index (Phi) is 6.99. The van der Waals surface area contributed by atoms with E-state index in [4.69, 9.17) is 0 Å². The molecule has 5 heteroatoms. The number of nitrogens with zero attached hydrogens (tertiary/aromatic N) is 2. The molecule has 0 aliphatic carbocycles. The monoisotopic (exact) mass is 347 g/mol. The first-order chi connectivity index (χ1) is 11.8. The van der Waals surface area contributed by atoms with Crippen molar-refractivity contribution in [1.82, 2.24) is 15.1 Å². The summed E-state index contributed by atoms with van der Waals surface area (Å²) in [5, 5.41) is 3.32. The fourth-order valence-electron chi connectivity index (χ4n) is 3.56. The number of hydrogen-bond donors (Lipinski definition) is 1.